The Kier molecular flexibility index (Phi) is 3.44. The van der Waals surface area contributed by atoms with E-state index in [2.05, 4.69) is 10.6 Å². The van der Waals surface area contributed by atoms with E-state index in [4.69, 9.17) is 0 Å². The lowest BCUT2D eigenvalue weighted by atomic mass is 9.91. The lowest BCUT2D eigenvalue weighted by Crippen LogP contribution is -2.43. The number of nitrogens with one attached hydrogen (secondary N) is 2. The van der Waals surface area contributed by atoms with E-state index in [9.17, 15) is 18.8 Å². The van der Waals surface area contributed by atoms with E-state index in [0.717, 1.165) is 4.90 Å². The van der Waals surface area contributed by atoms with Crippen molar-refractivity contribution >= 4 is 17.8 Å². The monoisotopic (exact) mass is 279 g/mol. The second kappa shape index (κ2) is 4.92. The zero-order chi connectivity index (χ0) is 14.9. The van der Waals surface area contributed by atoms with Gasteiger partial charge in [0.2, 0.25) is 5.91 Å². The maximum Gasteiger partial charge on any atom is 0.325 e. The van der Waals surface area contributed by atoms with Crippen molar-refractivity contribution in [3.63, 3.8) is 0 Å². The lowest BCUT2D eigenvalue weighted by molar-refractivity contribution is -0.134. The minimum atomic E-state index is -1.50. The first-order valence-electron chi connectivity index (χ1n) is 6.00. The third-order valence-electron chi connectivity index (χ3n) is 3.27. The molecule has 1 aromatic rings. The first-order chi connectivity index (χ1) is 9.40. The third-order valence-corrected chi connectivity index (χ3v) is 3.27. The van der Waals surface area contributed by atoms with Crippen LogP contribution in [0.1, 0.15) is 12.5 Å². The number of carbonyl (C=O) groups excluding carboxylic acids is 3. The number of benzene rings is 1. The Labute approximate surface area is 114 Å². The van der Waals surface area contributed by atoms with Gasteiger partial charge >= 0.3 is 6.03 Å². The van der Waals surface area contributed by atoms with E-state index < -0.39 is 35.7 Å². The molecule has 1 atom stereocenters. The minimum absolute atomic E-state index is 0.0674. The Hall–Kier alpha value is -2.44. The number of likely N-dealkylation sites (N-methyl/N-ethyl adjacent to an activating group) is 1. The molecule has 1 fully saturated rings. The van der Waals surface area contributed by atoms with Crippen LogP contribution in [0, 0.1) is 5.82 Å². The SMILES string of the molecule is CNC(=O)CN1C(=O)N[C@@](C)(c2ccccc2F)C1=O. The van der Waals surface area contributed by atoms with Crippen molar-refractivity contribution in [2.75, 3.05) is 13.6 Å². The fourth-order valence-corrected chi connectivity index (χ4v) is 2.11. The van der Waals surface area contributed by atoms with Crippen LogP contribution in [0.5, 0.6) is 0 Å². The van der Waals surface area contributed by atoms with Gasteiger partial charge in [0.15, 0.2) is 0 Å². The molecule has 0 saturated carbocycles. The molecule has 20 heavy (non-hydrogen) atoms. The molecule has 1 aliphatic rings. The molecular weight excluding hydrogens is 265 g/mol. The molecule has 1 aromatic carbocycles. The van der Waals surface area contributed by atoms with E-state index in [1.807, 2.05) is 0 Å². The van der Waals surface area contributed by atoms with Crippen LogP contribution in [-0.4, -0.2) is 36.3 Å². The maximum atomic E-state index is 13.8. The summed E-state index contributed by atoms with van der Waals surface area (Å²) in [5.41, 5.74) is -1.44. The summed E-state index contributed by atoms with van der Waals surface area (Å²) in [5, 5.41) is 4.76. The highest BCUT2D eigenvalue weighted by Crippen LogP contribution is 2.30. The summed E-state index contributed by atoms with van der Waals surface area (Å²) in [4.78, 5) is 36.2. The number of imide groups is 1. The van der Waals surface area contributed by atoms with E-state index in [1.54, 1.807) is 6.07 Å². The molecular formula is C13H14FN3O3. The Morgan fingerprint density at radius 3 is 2.65 bits per heavy atom. The second-order valence-corrected chi connectivity index (χ2v) is 4.60. The highest BCUT2D eigenvalue weighted by atomic mass is 19.1. The van der Waals surface area contributed by atoms with Gasteiger partial charge in [-0.25, -0.2) is 9.18 Å². The van der Waals surface area contributed by atoms with E-state index in [1.165, 1.54) is 32.2 Å². The van der Waals surface area contributed by atoms with Crippen molar-refractivity contribution in [1.29, 1.82) is 0 Å². The van der Waals surface area contributed by atoms with Crippen molar-refractivity contribution < 1.29 is 18.8 Å². The number of rotatable bonds is 3. The molecule has 2 rings (SSSR count). The number of nitrogens with zero attached hydrogens (tertiary/aromatic N) is 1. The van der Waals surface area contributed by atoms with Crippen LogP contribution in [0.2, 0.25) is 0 Å². The van der Waals surface area contributed by atoms with Crippen LogP contribution in [0.15, 0.2) is 24.3 Å². The highest BCUT2D eigenvalue weighted by molar-refractivity contribution is 6.09. The Balaban J connectivity index is 2.36. The van der Waals surface area contributed by atoms with Crippen LogP contribution in [0.4, 0.5) is 9.18 Å². The van der Waals surface area contributed by atoms with Gasteiger partial charge in [0.25, 0.3) is 5.91 Å². The summed E-state index contributed by atoms with van der Waals surface area (Å²) < 4.78 is 13.8. The minimum Gasteiger partial charge on any atom is -0.358 e. The molecule has 0 radical (unpaired) electrons. The quantitative estimate of drug-likeness (QED) is 0.783. The first-order valence-corrected chi connectivity index (χ1v) is 6.00. The molecule has 0 unspecified atom stereocenters. The molecule has 106 valence electrons. The van der Waals surface area contributed by atoms with Crippen molar-refractivity contribution in [2.45, 2.75) is 12.5 Å². The summed E-state index contributed by atoms with van der Waals surface area (Å²) >= 11 is 0. The number of urea groups is 1. The lowest BCUT2D eigenvalue weighted by Gasteiger charge is -2.22. The van der Waals surface area contributed by atoms with Gasteiger partial charge in [-0.3, -0.25) is 14.5 Å². The number of amides is 4. The van der Waals surface area contributed by atoms with Gasteiger partial charge in [0.05, 0.1) is 0 Å². The Morgan fingerprint density at radius 2 is 2.05 bits per heavy atom. The van der Waals surface area contributed by atoms with Crippen LogP contribution >= 0.6 is 0 Å². The van der Waals surface area contributed by atoms with E-state index in [-0.39, 0.29) is 5.56 Å². The molecule has 7 heteroatoms. The fourth-order valence-electron chi connectivity index (χ4n) is 2.11. The number of hydrogen-bond acceptors (Lipinski definition) is 3. The third kappa shape index (κ3) is 2.11. The zero-order valence-corrected chi connectivity index (χ0v) is 11.1. The Morgan fingerprint density at radius 1 is 1.40 bits per heavy atom. The van der Waals surface area contributed by atoms with Crippen LogP contribution in [0.25, 0.3) is 0 Å². The van der Waals surface area contributed by atoms with Gasteiger partial charge in [-0.1, -0.05) is 18.2 Å². The largest absolute Gasteiger partial charge is 0.358 e. The topological polar surface area (TPSA) is 78.5 Å². The molecule has 0 aromatic heterocycles. The van der Waals surface area contributed by atoms with Gasteiger partial charge in [-0.2, -0.15) is 0 Å². The summed E-state index contributed by atoms with van der Waals surface area (Å²) in [6, 6.07) is 4.98. The number of halogens is 1. The van der Waals surface area contributed by atoms with Crippen molar-refractivity contribution in [2.24, 2.45) is 0 Å². The highest BCUT2D eigenvalue weighted by Gasteiger charge is 2.50. The molecule has 4 amide bonds. The van der Waals surface area contributed by atoms with E-state index >= 15 is 0 Å². The van der Waals surface area contributed by atoms with Crippen molar-refractivity contribution in [3.8, 4) is 0 Å². The van der Waals surface area contributed by atoms with Gasteiger partial charge in [0.1, 0.15) is 17.9 Å². The molecule has 0 aliphatic carbocycles. The molecule has 1 heterocycles. The van der Waals surface area contributed by atoms with Gasteiger partial charge in [0, 0.05) is 12.6 Å². The zero-order valence-electron chi connectivity index (χ0n) is 11.1. The van der Waals surface area contributed by atoms with Crippen LogP contribution < -0.4 is 10.6 Å². The second-order valence-electron chi connectivity index (χ2n) is 4.60. The summed E-state index contributed by atoms with van der Waals surface area (Å²) in [7, 11) is 1.40. The smallest absolute Gasteiger partial charge is 0.325 e. The average Bonchev–Trinajstić information content (AvgIpc) is 2.63. The molecule has 1 saturated heterocycles. The first kappa shape index (κ1) is 14.0. The number of hydrogen-bond donors (Lipinski definition) is 2. The van der Waals surface area contributed by atoms with Crippen LogP contribution in [-0.2, 0) is 15.1 Å². The summed E-state index contributed by atoms with van der Waals surface area (Å²) in [6.07, 6.45) is 0. The summed E-state index contributed by atoms with van der Waals surface area (Å²) in [6.45, 7) is 1.01. The Bertz CT molecular complexity index is 590. The molecule has 6 nitrogen and oxygen atoms in total. The van der Waals surface area contributed by atoms with Crippen molar-refractivity contribution in [1.82, 2.24) is 15.5 Å². The average molecular weight is 279 g/mol. The van der Waals surface area contributed by atoms with Gasteiger partial charge < -0.3 is 10.6 Å². The van der Waals surface area contributed by atoms with Crippen LogP contribution in [0.3, 0.4) is 0 Å². The fraction of sp³-hybridized carbons (Fsp3) is 0.308. The van der Waals surface area contributed by atoms with E-state index in [0.29, 0.717) is 0 Å². The predicted molar refractivity (Wildman–Crippen MR) is 68.1 cm³/mol. The van der Waals surface area contributed by atoms with Gasteiger partial charge in [-0.15, -0.1) is 0 Å². The van der Waals surface area contributed by atoms with Gasteiger partial charge in [-0.05, 0) is 13.0 Å². The standard InChI is InChI=1S/C13H14FN3O3/c1-13(8-5-3-4-6-9(8)14)11(19)17(12(20)16-13)7-10(18)15-2/h3-6H,7H2,1-2H3,(H,15,18)(H,16,20)/t13-/m0/s1. The normalized spacial score (nSPS) is 21.9. The summed E-state index contributed by atoms with van der Waals surface area (Å²) in [5.74, 6) is -1.73. The molecule has 2 N–H and O–H groups in total. The number of carbonyl (C=O) groups is 3. The molecule has 1 aliphatic heterocycles. The molecule has 0 spiro atoms. The maximum absolute atomic E-state index is 13.8. The van der Waals surface area contributed by atoms with Crippen molar-refractivity contribution in [3.05, 3.63) is 35.6 Å². The predicted octanol–water partition coefficient (Wildman–Crippen LogP) is 0.339. The molecule has 0 bridgehead atoms.